The fourth-order valence-corrected chi connectivity index (χ4v) is 3.23. The van der Waals surface area contributed by atoms with Crippen LogP contribution in [0.4, 0.5) is 0 Å². The molecule has 0 saturated carbocycles. The first kappa shape index (κ1) is 19.6. The molecule has 0 amide bonds. The maximum Gasteiger partial charge on any atom is 0.577 e. The van der Waals surface area contributed by atoms with E-state index >= 15 is 0 Å². The number of hydrogen-bond acceptors (Lipinski definition) is 9. The molecule has 0 spiro atoms. The van der Waals surface area contributed by atoms with E-state index in [9.17, 15) is 0 Å². The highest BCUT2D eigenvalue weighted by atomic mass is 28.3. The summed E-state index contributed by atoms with van der Waals surface area (Å²) in [5, 5.41) is 0. The van der Waals surface area contributed by atoms with Gasteiger partial charge < -0.3 is 41.7 Å². The predicted molar refractivity (Wildman–Crippen MR) is 84.5 cm³/mol. The van der Waals surface area contributed by atoms with Crippen molar-refractivity contribution < 1.29 is 41.7 Å². The van der Waals surface area contributed by atoms with E-state index in [-0.39, 0.29) is 25.6 Å². The summed E-state index contributed by atoms with van der Waals surface area (Å²) in [4.78, 5) is 0. The Bertz CT molecular complexity index is 420. The molecule has 4 atom stereocenters. The highest BCUT2D eigenvalue weighted by Crippen LogP contribution is 2.42. The number of ether oxygens (including phenoxy) is 6. The van der Waals surface area contributed by atoms with Crippen molar-refractivity contribution in [2.75, 3.05) is 53.9 Å². The summed E-state index contributed by atoms with van der Waals surface area (Å²) in [5.74, 6) is -1.80. The molecular formula is C15H27O9Si. The molecule has 0 aliphatic carbocycles. The van der Waals surface area contributed by atoms with E-state index < -0.39 is 21.1 Å². The summed E-state index contributed by atoms with van der Waals surface area (Å²) >= 11 is 0. The molecule has 0 bridgehead atoms. The van der Waals surface area contributed by atoms with Crippen LogP contribution in [0.5, 0.6) is 0 Å². The van der Waals surface area contributed by atoms with E-state index in [0.29, 0.717) is 32.8 Å². The van der Waals surface area contributed by atoms with Crippen LogP contribution in [0.25, 0.3) is 0 Å². The Kier molecular flexibility index (Phi) is 6.82. The van der Waals surface area contributed by atoms with E-state index in [1.165, 1.54) is 0 Å². The Morgan fingerprint density at radius 2 is 1.96 bits per heavy atom. The first-order chi connectivity index (χ1) is 12.2. The Hall–Kier alpha value is -0.143. The molecule has 1 radical (unpaired) electrons. The van der Waals surface area contributed by atoms with Gasteiger partial charge >= 0.3 is 9.53 Å². The summed E-state index contributed by atoms with van der Waals surface area (Å²) < 4.78 is 50.3. The molecule has 10 heteroatoms. The third-order valence-corrected chi connectivity index (χ3v) is 5.31. The van der Waals surface area contributed by atoms with Gasteiger partial charge in [0.1, 0.15) is 12.7 Å². The van der Waals surface area contributed by atoms with Crippen LogP contribution in [-0.4, -0.2) is 87.4 Å². The van der Waals surface area contributed by atoms with Crippen LogP contribution in [0.2, 0.25) is 0 Å². The smallest absolute Gasteiger partial charge is 0.375 e. The van der Waals surface area contributed by atoms with Crippen LogP contribution in [0.15, 0.2) is 0 Å². The van der Waals surface area contributed by atoms with Crippen molar-refractivity contribution in [1.82, 2.24) is 0 Å². The quantitative estimate of drug-likeness (QED) is 0.270. The monoisotopic (exact) mass is 379 g/mol. The van der Waals surface area contributed by atoms with Crippen molar-refractivity contribution in [2.45, 2.75) is 43.7 Å². The minimum Gasteiger partial charge on any atom is -0.375 e. The topological polar surface area (TPSA) is 89.7 Å². The first-order valence-electron chi connectivity index (χ1n) is 8.56. The summed E-state index contributed by atoms with van der Waals surface area (Å²) in [7, 11) is 1.27. The normalized spacial score (nSPS) is 33.6. The van der Waals surface area contributed by atoms with Gasteiger partial charge in [0.15, 0.2) is 5.79 Å². The lowest BCUT2D eigenvalue weighted by atomic mass is 10.2. The maximum absolute atomic E-state index is 6.11. The summed E-state index contributed by atoms with van der Waals surface area (Å²) in [6.07, 6.45) is 1.15. The van der Waals surface area contributed by atoms with Crippen LogP contribution in [0.3, 0.4) is 0 Å². The molecule has 0 aromatic rings. The molecule has 145 valence electrons. The van der Waals surface area contributed by atoms with Gasteiger partial charge in [0.2, 0.25) is 12.1 Å². The predicted octanol–water partition coefficient (Wildman–Crippen LogP) is 0.309. The van der Waals surface area contributed by atoms with Crippen molar-refractivity contribution in [3.8, 4) is 0 Å². The average molecular weight is 379 g/mol. The van der Waals surface area contributed by atoms with Crippen molar-refractivity contribution in [2.24, 2.45) is 0 Å². The molecule has 3 fully saturated rings. The van der Waals surface area contributed by atoms with Crippen molar-refractivity contribution in [3.63, 3.8) is 0 Å². The molecule has 0 aromatic heterocycles. The van der Waals surface area contributed by atoms with E-state index in [0.717, 1.165) is 6.42 Å². The van der Waals surface area contributed by atoms with Gasteiger partial charge in [0.25, 0.3) is 0 Å². The summed E-state index contributed by atoms with van der Waals surface area (Å²) in [5.41, 5.74) is 0. The minimum atomic E-state index is -1.82. The molecule has 3 aliphatic rings. The molecule has 0 aromatic carbocycles. The fraction of sp³-hybridized carbons (Fsp3) is 1.00. The maximum atomic E-state index is 6.11. The molecule has 9 nitrogen and oxygen atoms in total. The summed E-state index contributed by atoms with van der Waals surface area (Å²) in [6, 6.07) is 0. The lowest BCUT2D eigenvalue weighted by Gasteiger charge is -2.34. The van der Waals surface area contributed by atoms with Gasteiger partial charge in [-0.05, 0) is 6.42 Å². The largest absolute Gasteiger partial charge is 0.577 e. The van der Waals surface area contributed by atoms with E-state index in [1.54, 1.807) is 14.2 Å². The zero-order valence-electron chi connectivity index (χ0n) is 15.0. The molecule has 25 heavy (non-hydrogen) atoms. The molecule has 3 heterocycles. The van der Waals surface area contributed by atoms with Gasteiger partial charge in [-0.15, -0.1) is 0 Å². The van der Waals surface area contributed by atoms with E-state index in [2.05, 4.69) is 0 Å². The SMILES string of the molecule is CCC(CO[Si](OC)OC)(OCC1CO1)OCC12OCCCOC1O2. The van der Waals surface area contributed by atoms with Crippen LogP contribution in [0, 0.1) is 0 Å². The van der Waals surface area contributed by atoms with Crippen LogP contribution >= 0.6 is 0 Å². The number of rotatable bonds is 12. The van der Waals surface area contributed by atoms with E-state index in [4.69, 9.17) is 41.7 Å². The number of fused-ring (bicyclic) bond motifs is 1. The van der Waals surface area contributed by atoms with Crippen molar-refractivity contribution in [3.05, 3.63) is 0 Å². The Balaban J connectivity index is 1.57. The Morgan fingerprint density at radius 1 is 1.16 bits per heavy atom. The Morgan fingerprint density at radius 3 is 2.64 bits per heavy atom. The van der Waals surface area contributed by atoms with Gasteiger partial charge in [0, 0.05) is 20.6 Å². The molecule has 3 saturated heterocycles. The zero-order chi connectivity index (χ0) is 17.8. The third-order valence-electron chi connectivity index (χ3n) is 4.27. The second-order valence-corrected chi connectivity index (χ2v) is 7.71. The number of epoxide rings is 2. The van der Waals surface area contributed by atoms with Crippen LogP contribution in [-0.2, 0) is 41.7 Å². The van der Waals surface area contributed by atoms with Crippen LogP contribution < -0.4 is 0 Å². The molecular weight excluding hydrogens is 352 g/mol. The second-order valence-electron chi connectivity index (χ2n) is 6.10. The highest BCUT2D eigenvalue weighted by Gasteiger charge is 2.62. The zero-order valence-corrected chi connectivity index (χ0v) is 16.0. The standard InChI is InChI=1S/C15H27O9Si/c1-4-14(21-9-12-8-19-12,10-23-25(16-2)17-3)22-11-15-13(24-15)18-6-5-7-20-15/h12-13H,4-11H2,1-3H3. The second kappa shape index (κ2) is 8.70. The number of hydrogen-bond donors (Lipinski definition) is 0. The van der Waals surface area contributed by atoms with Gasteiger partial charge in [-0.2, -0.15) is 0 Å². The van der Waals surface area contributed by atoms with Crippen molar-refractivity contribution in [1.29, 1.82) is 0 Å². The average Bonchev–Trinajstić information content (AvgIpc) is 3.52. The highest BCUT2D eigenvalue weighted by molar-refractivity contribution is 6.36. The van der Waals surface area contributed by atoms with Gasteiger partial charge in [0.05, 0.1) is 33.0 Å². The molecule has 3 aliphatic heterocycles. The summed E-state index contributed by atoms with van der Waals surface area (Å²) in [6.45, 7) is 4.68. The molecule has 4 unspecified atom stereocenters. The minimum absolute atomic E-state index is 0.115. The Labute approximate surface area is 149 Å². The van der Waals surface area contributed by atoms with Crippen LogP contribution in [0.1, 0.15) is 19.8 Å². The van der Waals surface area contributed by atoms with Gasteiger partial charge in [-0.25, -0.2) is 0 Å². The molecule has 3 rings (SSSR count). The first-order valence-corrected chi connectivity index (χ1v) is 9.78. The van der Waals surface area contributed by atoms with Crippen molar-refractivity contribution >= 4 is 9.53 Å². The van der Waals surface area contributed by atoms with Gasteiger partial charge in [-0.1, -0.05) is 6.92 Å². The van der Waals surface area contributed by atoms with E-state index in [1.807, 2.05) is 6.92 Å². The fourth-order valence-electron chi connectivity index (χ4n) is 2.49. The third kappa shape index (κ3) is 5.19. The molecule has 0 N–H and O–H groups in total. The van der Waals surface area contributed by atoms with Gasteiger partial charge in [-0.3, -0.25) is 0 Å². The lowest BCUT2D eigenvalue weighted by Crippen LogP contribution is -2.46. The lowest BCUT2D eigenvalue weighted by molar-refractivity contribution is -0.276.